The molecular weight excluding hydrogens is 303 g/mol. The van der Waals surface area contributed by atoms with E-state index in [1.165, 1.54) is 0 Å². The van der Waals surface area contributed by atoms with E-state index in [-0.39, 0.29) is 0 Å². The monoisotopic (exact) mass is 320 g/mol. The molecule has 0 bridgehead atoms. The van der Waals surface area contributed by atoms with Crippen LogP contribution in [0.15, 0.2) is 17.0 Å². The fraction of sp³-hybridized carbons (Fsp3) is 0.455. The first kappa shape index (κ1) is 17.3. The van der Waals surface area contributed by atoms with E-state index in [4.69, 9.17) is 5.73 Å². The Morgan fingerprint density at radius 2 is 2.05 bits per heavy atom. The van der Waals surface area contributed by atoms with Crippen LogP contribution in [0.2, 0.25) is 0 Å². The molecule has 0 fully saturated rings. The average Bonchev–Trinajstić information content (AvgIpc) is 2.24. The van der Waals surface area contributed by atoms with E-state index in [2.05, 4.69) is 4.72 Å². The summed E-state index contributed by atoms with van der Waals surface area (Å²) in [5.74, 6) is -1.26. The molecule has 8 nitrogen and oxygen atoms in total. The van der Waals surface area contributed by atoms with Gasteiger partial charge in [-0.25, -0.2) is 17.5 Å². The third-order valence-electron chi connectivity index (χ3n) is 2.53. The van der Waals surface area contributed by atoms with Crippen molar-refractivity contribution in [3.05, 3.63) is 28.1 Å². The van der Waals surface area contributed by atoms with Crippen molar-refractivity contribution >= 4 is 21.4 Å². The Morgan fingerprint density at radius 1 is 1.48 bits per heavy atom. The number of hydrogen-bond acceptors (Lipinski definition) is 6. The van der Waals surface area contributed by atoms with E-state index in [9.17, 15) is 22.9 Å². The predicted octanol–water partition coefficient (Wildman–Crippen LogP) is 0.545. The number of nitrogens with zero attached hydrogens (tertiary/aromatic N) is 2. The van der Waals surface area contributed by atoms with Gasteiger partial charge in [0.2, 0.25) is 10.0 Å². The van der Waals surface area contributed by atoms with Gasteiger partial charge in [-0.15, -0.1) is 0 Å². The van der Waals surface area contributed by atoms with Gasteiger partial charge in [0, 0.05) is 18.7 Å². The standard InChI is InChI=1S/C11H17FN4O4S/c1-7(6-15(2)3)14-21(19,20)11-9(12)4-8(16(17)18)5-10(11)13/h4-5,7,14H,6,13H2,1-3H3. The van der Waals surface area contributed by atoms with E-state index < -0.39 is 43.1 Å². The normalized spacial score (nSPS) is 13.4. The lowest BCUT2D eigenvalue weighted by atomic mass is 10.3. The van der Waals surface area contributed by atoms with Crippen LogP contribution < -0.4 is 10.5 Å². The predicted molar refractivity (Wildman–Crippen MR) is 75.8 cm³/mol. The van der Waals surface area contributed by atoms with Gasteiger partial charge in [0.15, 0.2) is 5.82 Å². The van der Waals surface area contributed by atoms with Gasteiger partial charge in [-0.1, -0.05) is 0 Å². The maximum absolute atomic E-state index is 13.9. The van der Waals surface area contributed by atoms with Gasteiger partial charge in [0.25, 0.3) is 5.69 Å². The molecule has 0 aliphatic heterocycles. The molecule has 1 aromatic carbocycles. The second-order valence-corrected chi connectivity index (χ2v) is 6.54. The molecule has 10 heteroatoms. The number of nitrogen functional groups attached to an aromatic ring is 1. The molecule has 0 amide bonds. The number of non-ortho nitro benzene ring substituents is 1. The second-order valence-electron chi connectivity index (χ2n) is 4.89. The third kappa shape index (κ3) is 4.34. The van der Waals surface area contributed by atoms with Crippen LogP contribution in [0, 0.1) is 15.9 Å². The van der Waals surface area contributed by atoms with Crippen molar-refractivity contribution in [2.45, 2.75) is 17.9 Å². The van der Waals surface area contributed by atoms with Gasteiger partial charge in [0.1, 0.15) is 4.90 Å². The molecule has 21 heavy (non-hydrogen) atoms. The SMILES string of the molecule is CC(CN(C)C)NS(=O)(=O)c1c(N)cc([N+](=O)[O-])cc1F. The third-order valence-corrected chi connectivity index (χ3v) is 4.21. The summed E-state index contributed by atoms with van der Waals surface area (Å²) in [4.78, 5) is 10.7. The summed E-state index contributed by atoms with van der Waals surface area (Å²) in [7, 11) is -0.697. The molecule has 3 N–H and O–H groups in total. The molecule has 0 spiro atoms. The topological polar surface area (TPSA) is 119 Å². The van der Waals surface area contributed by atoms with Crippen LogP contribution >= 0.6 is 0 Å². The number of sulfonamides is 1. The molecule has 1 aromatic rings. The summed E-state index contributed by atoms with van der Waals surface area (Å²) < 4.78 is 40.4. The summed E-state index contributed by atoms with van der Waals surface area (Å²) in [6, 6.07) is 0.856. The highest BCUT2D eigenvalue weighted by atomic mass is 32.2. The van der Waals surface area contributed by atoms with Gasteiger partial charge >= 0.3 is 0 Å². The number of nitrogens with two attached hydrogens (primary N) is 1. The van der Waals surface area contributed by atoms with E-state index in [0.29, 0.717) is 12.6 Å². The number of hydrogen-bond donors (Lipinski definition) is 2. The maximum Gasteiger partial charge on any atom is 0.274 e. The fourth-order valence-corrected chi connectivity index (χ4v) is 3.30. The van der Waals surface area contributed by atoms with Crippen molar-refractivity contribution < 1.29 is 17.7 Å². The highest BCUT2D eigenvalue weighted by molar-refractivity contribution is 7.89. The van der Waals surface area contributed by atoms with Crippen LogP contribution in [0.25, 0.3) is 0 Å². The van der Waals surface area contributed by atoms with Crippen LogP contribution in [0.5, 0.6) is 0 Å². The Balaban J connectivity index is 3.17. The van der Waals surface area contributed by atoms with Crippen LogP contribution in [0.1, 0.15) is 6.92 Å². The van der Waals surface area contributed by atoms with E-state index in [1.807, 2.05) is 0 Å². The Bertz CT molecular complexity index is 625. The first-order chi connectivity index (χ1) is 9.54. The number of nitrogens with one attached hydrogen (secondary N) is 1. The zero-order chi connectivity index (χ0) is 16.4. The minimum absolute atomic E-state index is 0.397. The lowest BCUT2D eigenvalue weighted by Crippen LogP contribution is -2.40. The molecule has 0 saturated carbocycles. The van der Waals surface area contributed by atoms with E-state index >= 15 is 0 Å². The van der Waals surface area contributed by atoms with Gasteiger partial charge in [-0.2, -0.15) is 0 Å². The highest BCUT2D eigenvalue weighted by Crippen LogP contribution is 2.27. The fourth-order valence-electron chi connectivity index (χ4n) is 1.90. The largest absolute Gasteiger partial charge is 0.397 e. The molecule has 0 aliphatic rings. The summed E-state index contributed by atoms with van der Waals surface area (Å²) in [5.41, 5.74) is 4.33. The number of anilines is 1. The van der Waals surface area contributed by atoms with E-state index in [1.54, 1.807) is 25.9 Å². The minimum atomic E-state index is -4.21. The van der Waals surface area contributed by atoms with Crippen molar-refractivity contribution in [3.8, 4) is 0 Å². The second kappa shape index (κ2) is 6.33. The molecule has 1 unspecified atom stereocenters. The molecule has 1 atom stereocenters. The molecule has 0 saturated heterocycles. The quantitative estimate of drug-likeness (QED) is 0.449. The minimum Gasteiger partial charge on any atom is -0.397 e. The zero-order valence-corrected chi connectivity index (χ0v) is 12.6. The number of benzene rings is 1. The number of nitro benzene ring substituents is 1. The number of halogens is 1. The van der Waals surface area contributed by atoms with E-state index in [0.717, 1.165) is 6.07 Å². The number of likely N-dealkylation sites (N-methyl/N-ethyl adjacent to an activating group) is 1. The summed E-state index contributed by atoms with van der Waals surface area (Å²) in [5, 5.41) is 10.6. The van der Waals surface area contributed by atoms with Gasteiger partial charge in [-0.05, 0) is 21.0 Å². The van der Waals surface area contributed by atoms with Crippen molar-refractivity contribution in [2.24, 2.45) is 0 Å². The Hall–Kier alpha value is -1.78. The summed E-state index contributed by atoms with van der Waals surface area (Å²) in [6.07, 6.45) is 0. The lowest BCUT2D eigenvalue weighted by molar-refractivity contribution is -0.385. The smallest absolute Gasteiger partial charge is 0.274 e. The molecule has 0 heterocycles. The number of rotatable bonds is 6. The van der Waals surface area contributed by atoms with Gasteiger partial charge in [-0.3, -0.25) is 10.1 Å². The van der Waals surface area contributed by atoms with Crippen molar-refractivity contribution in [2.75, 3.05) is 26.4 Å². The Labute approximate surface area is 121 Å². The lowest BCUT2D eigenvalue weighted by Gasteiger charge is -2.19. The molecule has 1 rings (SSSR count). The van der Waals surface area contributed by atoms with Crippen molar-refractivity contribution in [3.63, 3.8) is 0 Å². The van der Waals surface area contributed by atoms with Crippen LogP contribution in [0.3, 0.4) is 0 Å². The Morgan fingerprint density at radius 3 is 2.48 bits per heavy atom. The zero-order valence-electron chi connectivity index (χ0n) is 11.8. The molecular formula is C11H17FN4O4S. The van der Waals surface area contributed by atoms with Gasteiger partial charge in [0.05, 0.1) is 16.7 Å². The number of nitro groups is 1. The summed E-state index contributed by atoms with van der Waals surface area (Å²) >= 11 is 0. The summed E-state index contributed by atoms with van der Waals surface area (Å²) in [6.45, 7) is 2.00. The maximum atomic E-state index is 13.9. The van der Waals surface area contributed by atoms with Crippen LogP contribution in [0.4, 0.5) is 15.8 Å². The van der Waals surface area contributed by atoms with Crippen LogP contribution in [-0.4, -0.2) is 44.9 Å². The first-order valence-corrected chi connectivity index (χ1v) is 7.43. The van der Waals surface area contributed by atoms with Crippen molar-refractivity contribution in [1.29, 1.82) is 0 Å². The first-order valence-electron chi connectivity index (χ1n) is 5.95. The van der Waals surface area contributed by atoms with Gasteiger partial charge < -0.3 is 10.6 Å². The molecule has 0 aliphatic carbocycles. The Kier molecular flexibility index (Phi) is 5.20. The molecule has 118 valence electrons. The van der Waals surface area contributed by atoms with Crippen LogP contribution in [-0.2, 0) is 10.0 Å². The molecule has 0 radical (unpaired) electrons. The average molecular weight is 320 g/mol. The highest BCUT2D eigenvalue weighted by Gasteiger charge is 2.27. The van der Waals surface area contributed by atoms with Crippen molar-refractivity contribution in [1.82, 2.24) is 9.62 Å². The molecule has 0 aromatic heterocycles.